The minimum atomic E-state index is 0. The molecule has 1 saturated heterocycles. The summed E-state index contributed by atoms with van der Waals surface area (Å²) >= 11 is 1.52. The van der Waals surface area contributed by atoms with Crippen molar-refractivity contribution in [2.45, 2.75) is 32.1 Å². The summed E-state index contributed by atoms with van der Waals surface area (Å²) in [6.45, 7) is 7.38. The number of thiophene rings is 1. The Balaban J connectivity index is 0.00000225. The zero-order valence-electron chi connectivity index (χ0n) is 14.8. The molecule has 3 rings (SSSR count). The lowest BCUT2D eigenvalue weighted by atomic mass is 9.68. The maximum absolute atomic E-state index is 12.2. The minimum Gasteiger partial charge on any atom is -0.508 e. The molecule has 25 heavy (non-hydrogen) atoms. The van der Waals surface area contributed by atoms with Crippen LogP contribution in [0.4, 0.5) is 0 Å². The fourth-order valence-electron chi connectivity index (χ4n) is 3.63. The quantitative estimate of drug-likeness (QED) is 0.762. The molecule has 3 nitrogen and oxygen atoms in total. The van der Waals surface area contributed by atoms with E-state index in [0.29, 0.717) is 18.1 Å². The van der Waals surface area contributed by atoms with Crippen molar-refractivity contribution in [3.05, 3.63) is 52.2 Å². The highest BCUT2D eigenvalue weighted by Crippen LogP contribution is 2.40. The number of carbonyl (C=O) groups excluding carboxylic acids is 1. The molecule has 0 amide bonds. The van der Waals surface area contributed by atoms with Crippen molar-refractivity contribution in [1.82, 2.24) is 4.90 Å². The number of likely N-dealkylation sites (tertiary alicyclic amines) is 1. The van der Waals surface area contributed by atoms with Gasteiger partial charge in [-0.25, -0.2) is 0 Å². The van der Waals surface area contributed by atoms with Crippen LogP contribution in [-0.4, -0.2) is 35.4 Å². The number of Topliss-reactive ketones (excluding diaryl/α,β-unsaturated/α-hetero) is 1. The number of ketones is 1. The number of hydrogen-bond donors (Lipinski definition) is 1. The van der Waals surface area contributed by atoms with Gasteiger partial charge in [-0.2, -0.15) is 0 Å². The number of phenols is 1. The van der Waals surface area contributed by atoms with Gasteiger partial charge in [-0.1, -0.05) is 32.0 Å². The van der Waals surface area contributed by atoms with Gasteiger partial charge in [-0.3, -0.25) is 4.79 Å². The molecule has 0 unspecified atom stereocenters. The van der Waals surface area contributed by atoms with E-state index in [9.17, 15) is 9.90 Å². The number of rotatable bonds is 5. The monoisotopic (exact) mass is 379 g/mol. The van der Waals surface area contributed by atoms with E-state index < -0.39 is 0 Å². The molecule has 0 saturated carbocycles. The number of halogens is 1. The first-order valence-corrected chi connectivity index (χ1v) is 9.45. The second kappa shape index (κ2) is 8.35. The van der Waals surface area contributed by atoms with Crippen molar-refractivity contribution in [2.75, 3.05) is 19.6 Å². The number of hydrogen-bond acceptors (Lipinski definition) is 4. The number of benzene rings is 1. The molecule has 0 aliphatic carbocycles. The number of piperidine rings is 1. The summed E-state index contributed by atoms with van der Waals surface area (Å²) in [6, 6.07) is 11.5. The second-order valence-corrected chi connectivity index (χ2v) is 8.02. The first-order chi connectivity index (χ1) is 11.5. The molecule has 2 heterocycles. The lowest BCUT2D eigenvalue weighted by Crippen LogP contribution is -2.47. The largest absolute Gasteiger partial charge is 0.508 e. The van der Waals surface area contributed by atoms with Gasteiger partial charge in [-0.05, 0) is 53.4 Å². The number of aromatic hydroxyl groups is 1. The third-order valence-electron chi connectivity index (χ3n) is 5.52. The van der Waals surface area contributed by atoms with E-state index in [-0.39, 0.29) is 23.6 Å². The van der Waals surface area contributed by atoms with Crippen molar-refractivity contribution in [1.29, 1.82) is 0 Å². The molecule has 1 fully saturated rings. The fourth-order valence-corrected chi connectivity index (χ4v) is 4.32. The predicted octanol–water partition coefficient (Wildman–Crippen LogP) is 4.75. The zero-order chi connectivity index (χ0) is 17.2. The van der Waals surface area contributed by atoms with Crippen LogP contribution in [-0.2, 0) is 5.41 Å². The van der Waals surface area contributed by atoms with Gasteiger partial charge in [0.05, 0.1) is 4.88 Å². The molecule has 0 spiro atoms. The van der Waals surface area contributed by atoms with E-state index in [2.05, 4.69) is 24.8 Å². The first-order valence-electron chi connectivity index (χ1n) is 8.57. The third kappa shape index (κ3) is 4.43. The SMILES string of the molecule is C[C@H]1CN(CCC(=O)c2cccs2)CC[C@]1(C)c1cccc(O)c1.Cl. The average Bonchev–Trinajstić information content (AvgIpc) is 3.10. The Bertz CT molecular complexity index is 703. The standard InChI is InChI=1S/C20H25NO2S.ClH/c1-15-14-21(10-8-18(23)19-7-4-12-24-19)11-9-20(15,2)16-5-3-6-17(22)13-16;/h3-7,12-13,15,22H,8-11,14H2,1-2H3;1H/t15-,20-;/m0./s1. The fraction of sp³-hybridized carbons (Fsp3) is 0.450. The number of nitrogens with zero attached hydrogens (tertiary/aromatic N) is 1. The molecule has 2 aromatic rings. The number of phenolic OH excluding ortho intramolecular Hbond substituents is 1. The molecule has 0 radical (unpaired) electrons. The van der Waals surface area contributed by atoms with Crippen LogP contribution in [0, 0.1) is 5.92 Å². The Morgan fingerprint density at radius 2 is 2.16 bits per heavy atom. The summed E-state index contributed by atoms with van der Waals surface area (Å²) in [5.41, 5.74) is 1.29. The van der Waals surface area contributed by atoms with Crippen LogP contribution < -0.4 is 0 Å². The van der Waals surface area contributed by atoms with Crippen LogP contribution >= 0.6 is 23.7 Å². The van der Waals surface area contributed by atoms with E-state index >= 15 is 0 Å². The van der Waals surface area contributed by atoms with Crippen molar-refractivity contribution in [3.63, 3.8) is 0 Å². The highest BCUT2D eigenvalue weighted by molar-refractivity contribution is 7.12. The van der Waals surface area contributed by atoms with E-state index in [1.807, 2.05) is 29.6 Å². The molecule has 1 aliphatic rings. The van der Waals surface area contributed by atoms with Crippen LogP contribution in [0.2, 0.25) is 0 Å². The van der Waals surface area contributed by atoms with Gasteiger partial charge in [0.1, 0.15) is 5.75 Å². The van der Waals surface area contributed by atoms with Crippen LogP contribution in [0.1, 0.15) is 41.9 Å². The van der Waals surface area contributed by atoms with Crippen LogP contribution in [0.3, 0.4) is 0 Å². The Labute approximate surface area is 160 Å². The van der Waals surface area contributed by atoms with Crippen LogP contribution in [0.15, 0.2) is 41.8 Å². The molecular weight excluding hydrogens is 354 g/mol. The normalized spacial score (nSPS) is 23.8. The summed E-state index contributed by atoms with van der Waals surface area (Å²) in [4.78, 5) is 15.4. The Morgan fingerprint density at radius 1 is 1.36 bits per heavy atom. The van der Waals surface area contributed by atoms with Crippen molar-refractivity contribution in [2.24, 2.45) is 5.92 Å². The van der Waals surface area contributed by atoms with Gasteiger partial charge >= 0.3 is 0 Å². The van der Waals surface area contributed by atoms with Gasteiger partial charge in [0.2, 0.25) is 0 Å². The highest BCUT2D eigenvalue weighted by Gasteiger charge is 2.38. The highest BCUT2D eigenvalue weighted by atomic mass is 35.5. The maximum Gasteiger partial charge on any atom is 0.174 e. The Morgan fingerprint density at radius 3 is 2.80 bits per heavy atom. The summed E-state index contributed by atoms with van der Waals surface area (Å²) in [5, 5.41) is 11.7. The van der Waals surface area contributed by atoms with Gasteiger partial charge < -0.3 is 10.0 Å². The van der Waals surface area contributed by atoms with Gasteiger partial charge in [-0.15, -0.1) is 23.7 Å². The van der Waals surface area contributed by atoms with Crippen molar-refractivity contribution >= 4 is 29.5 Å². The number of carbonyl (C=O) groups is 1. The Kier molecular flexibility index (Phi) is 6.66. The van der Waals surface area contributed by atoms with E-state index in [1.165, 1.54) is 16.9 Å². The van der Waals surface area contributed by atoms with Crippen molar-refractivity contribution in [3.8, 4) is 5.75 Å². The molecular formula is C20H26ClNO2S. The maximum atomic E-state index is 12.2. The molecule has 1 aromatic heterocycles. The first kappa shape index (κ1) is 20.0. The van der Waals surface area contributed by atoms with E-state index in [0.717, 1.165) is 30.9 Å². The minimum absolute atomic E-state index is 0. The summed E-state index contributed by atoms with van der Waals surface area (Å²) in [7, 11) is 0. The summed E-state index contributed by atoms with van der Waals surface area (Å²) < 4.78 is 0. The van der Waals surface area contributed by atoms with Gasteiger partial charge in [0, 0.05) is 19.5 Å². The predicted molar refractivity (Wildman–Crippen MR) is 106 cm³/mol. The van der Waals surface area contributed by atoms with Crippen molar-refractivity contribution < 1.29 is 9.90 Å². The molecule has 2 atom stereocenters. The molecule has 0 bridgehead atoms. The molecule has 5 heteroatoms. The Hall–Kier alpha value is -1.36. The molecule has 1 aliphatic heterocycles. The zero-order valence-corrected chi connectivity index (χ0v) is 16.4. The van der Waals surface area contributed by atoms with Gasteiger partial charge in [0.25, 0.3) is 0 Å². The third-order valence-corrected chi connectivity index (χ3v) is 6.43. The molecule has 1 N–H and O–H groups in total. The summed E-state index contributed by atoms with van der Waals surface area (Å²) in [5.74, 6) is 1.06. The molecule has 136 valence electrons. The van der Waals surface area contributed by atoms with Crippen LogP contribution in [0.5, 0.6) is 5.75 Å². The smallest absolute Gasteiger partial charge is 0.174 e. The van der Waals surface area contributed by atoms with E-state index in [4.69, 9.17) is 0 Å². The van der Waals surface area contributed by atoms with Crippen LogP contribution in [0.25, 0.3) is 0 Å². The second-order valence-electron chi connectivity index (χ2n) is 7.07. The lowest BCUT2D eigenvalue weighted by Gasteiger charge is -2.45. The average molecular weight is 380 g/mol. The summed E-state index contributed by atoms with van der Waals surface area (Å²) in [6.07, 6.45) is 1.64. The lowest BCUT2D eigenvalue weighted by molar-refractivity contribution is 0.0890. The topological polar surface area (TPSA) is 40.5 Å². The van der Waals surface area contributed by atoms with Gasteiger partial charge in [0.15, 0.2) is 5.78 Å². The van der Waals surface area contributed by atoms with E-state index in [1.54, 1.807) is 6.07 Å². The molecule has 1 aromatic carbocycles.